The van der Waals surface area contributed by atoms with Crippen LogP contribution in [0.25, 0.3) is 0 Å². The number of rotatable bonds is 2. The molecule has 0 radical (unpaired) electrons. The highest BCUT2D eigenvalue weighted by Gasteiger charge is 2.26. The SMILES string of the molecule is Nc1ccc(CN2C(=O)CCCC2=O)c(Br)c1. The molecule has 0 atom stereocenters. The second-order valence-corrected chi connectivity index (χ2v) is 4.93. The summed E-state index contributed by atoms with van der Waals surface area (Å²) >= 11 is 3.38. The summed E-state index contributed by atoms with van der Waals surface area (Å²) in [4.78, 5) is 24.6. The largest absolute Gasteiger partial charge is 0.399 e. The van der Waals surface area contributed by atoms with Gasteiger partial charge in [0.2, 0.25) is 11.8 Å². The van der Waals surface area contributed by atoms with Gasteiger partial charge in [0.15, 0.2) is 0 Å². The highest BCUT2D eigenvalue weighted by molar-refractivity contribution is 9.10. The summed E-state index contributed by atoms with van der Waals surface area (Å²) in [6.45, 7) is 0.318. The molecule has 2 N–H and O–H groups in total. The minimum atomic E-state index is -0.0926. The Bertz CT molecular complexity index is 458. The molecule has 0 aliphatic carbocycles. The summed E-state index contributed by atoms with van der Waals surface area (Å²) in [5.74, 6) is -0.185. The second kappa shape index (κ2) is 4.87. The number of anilines is 1. The molecule has 4 nitrogen and oxygen atoms in total. The summed E-state index contributed by atoms with van der Waals surface area (Å²) in [6.07, 6.45) is 1.58. The molecular weight excluding hydrogens is 284 g/mol. The van der Waals surface area contributed by atoms with Crippen molar-refractivity contribution < 1.29 is 9.59 Å². The topological polar surface area (TPSA) is 63.4 Å². The molecule has 1 aliphatic heterocycles. The molecule has 1 saturated heterocycles. The Morgan fingerprint density at radius 3 is 2.47 bits per heavy atom. The predicted octanol–water partition coefficient (Wildman–Crippen LogP) is 2.07. The van der Waals surface area contributed by atoms with Crippen LogP contribution in [0.4, 0.5) is 5.69 Å². The number of likely N-dealkylation sites (tertiary alicyclic amines) is 1. The molecule has 0 aromatic heterocycles. The van der Waals surface area contributed by atoms with Crippen LogP contribution in [0.2, 0.25) is 0 Å². The van der Waals surface area contributed by atoms with E-state index in [0.29, 0.717) is 31.5 Å². The van der Waals surface area contributed by atoms with Crippen LogP contribution in [0.1, 0.15) is 24.8 Å². The highest BCUT2D eigenvalue weighted by atomic mass is 79.9. The summed E-state index contributed by atoms with van der Waals surface area (Å²) < 4.78 is 0.823. The molecule has 17 heavy (non-hydrogen) atoms. The van der Waals surface area contributed by atoms with Gasteiger partial charge in [0.1, 0.15) is 0 Å². The lowest BCUT2D eigenvalue weighted by atomic mass is 10.1. The lowest BCUT2D eigenvalue weighted by molar-refractivity contribution is -0.148. The van der Waals surface area contributed by atoms with Crippen molar-refractivity contribution in [1.82, 2.24) is 4.90 Å². The number of hydrogen-bond donors (Lipinski definition) is 1. The Kier molecular flexibility index (Phi) is 3.47. The van der Waals surface area contributed by atoms with E-state index in [1.807, 2.05) is 6.07 Å². The number of nitrogens with zero attached hydrogens (tertiary/aromatic N) is 1. The van der Waals surface area contributed by atoms with E-state index >= 15 is 0 Å². The number of imide groups is 1. The standard InChI is InChI=1S/C12H13BrN2O2/c13-10-6-9(14)5-4-8(10)7-15-11(16)2-1-3-12(15)17/h4-6H,1-3,7,14H2. The van der Waals surface area contributed by atoms with Crippen LogP contribution in [0.3, 0.4) is 0 Å². The molecule has 0 unspecified atom stereocenters. The van der Waals surface area contributed by atoms with Crippen LogP contribution >= 0.6 is 15.9 Å². The van der Waals surface area contributed by atoms with Crippen molar-refractivity contribution in [3.05, 3.63) is 28.2 Å². The third-order valence-electron chi connectivity index (χ3n) is 2.79. The van der Waals surface area contributed by atoms with Gasteiger partial charge in [-0.3, -0.25) is 14.5 Å². The number of nitrogen functional groups attached to an aromatic ring is 1. The number of halogens is 1. The van der Waals surface area contributed by atoms with Crippen LogP contribution in [-0.4, -0.2) is 16.7 Å². The molecule has 2 amide bonds. The predicted molar refractivity (Wildman–Crippen MR) is 68.0 cm³/mol. The number of carbonyl (C=O) groups is 2. The molecule has 1 aliphatic rings. The fourth-order valence-corrected chi connectivity index (χ4v) is 2.36. The lowest BCUT2D eigenvalue weighted by Crippen LogP contribution is -2.39. The Morgan fingerprint density at radius 2 is 1.88 bits per heavy atom. The van der Waals surface area contributed by atoms with E-state index < -0.39 is 0 Å². The van der Waals surface area contributed by atoms with E-state index in [9.17, 15) is 9.59 Å². The van der Waals surface area contributed by atoms with Gasteiger partial charge < -0.3 is 5.73 Å². The van der Waals surface area contributed by atoms with Gasteiger partial charge >= 0.3 is 0 Å². The zero-order valence-electron chi connectivity index (χ0n) is 9.28. The maximum absolute atomic E-state index is 11.7. The first kappa shape index (κ1) is 12.1. The minimum absolute atomic E-state index is 0.0926. The molecule has 0 saturated carbocycles. The van der Waals surface area contributed by atoms with Crippen molar-refractivity contribution in [3.63, 3.8) is 0 Å². The van der Waals surface area contributed by atoms with Crippen LogP contribution in [0.15, 0.2) is 22.7 Å². The molecule has 0 bridgehead atoms. The van der Waals surface area contributed by atoms with Gasteiger partial charge in [-0.25, -0.2) is 0 Å². The van der Waals surface area contributed by atoms with Crippen molar-refractivity contribution in [2.24, 2.45) is 0 Å². The van der Waals surface area contributed by atoms with E-state index in [1.165, 1.54) is 4.90 Å². The monoisotopic (exact) mass is 296 g/mol. The molecule has 5 heteroatoms. The molecular formula is C12H13BrN2O2. The van der Waals surface area contributed by atoms with Gasteiger partial charge in [-0.2, -0.15) is 0 Å². The van der Waals surface area contributed by atoms with Crippen molar-refractivity contribution in [3.8, 4) is 0 Å². The number of hydrogen-bond acceptors (Lipinski definition) is 3. The highest BCUT2D eigenvalue weighted by Crippen LogP contribution is 2.23. The number of carbonyl (C=O) groups excluding carboxylic acids is 2. The van der Waals surface area contributed by atoms with E-state index in [1.54, 1.807) is 12.1 Å². The van der Waals surface area contributed by atoms with Gasteiger partial charge in [0.25, 0.3) is 0 Å². The van der Waals surface area contributed by atoms with E-state index in [0.717, 1.165) is 10.0 Å². The van der Waals surface area contributed by atoms with Crippen LogP contribution in [0.5, 0.6) is 0 Å². The van der Waals surface area contributed by atoms with Gasteiger partial charge in [0.05, 0.1) is 6.54 Å². The number of amides is 2. The Labute approximate surface area is 108 Å². The first-order chi connectivity index (χ1) is 8.08. The Balaban J connectivity index is 2.19. The normalized spacial score (nSPS) is 16.4. The van der Waals surface area contributed by atoms with Crippen LogP contribution in [-0.2, 0) is 16.1 Å². The van der Waals surface area contributed by atoms with Gasteiger partial charge in [-0.1, -0.05) is 22.0 Å². The van der Waals surface area contributed by atoms with Gasteiger partial charge in [-0.15, -0.1) is 0 Å². The van der Waals surface area contributed by atoms with E-state index in [2.05, 4.69) is 15.9 Å². The molecule has 0 spiro atoms. The summed E-state index contributed by atoms with van der Waals surface area (Å²) in [5, 5.41) is 0. The zero-order chi connectivity index (χ0) is 12.4. The fourth-order valence-electron chi connectivity index (χ4n) is 1.84. The van der Waals surface area contributed by atoms with Crippen LogP contribution in [0, 0.1) is 0 Å². The summed E-state index contributed by atoms with van der Waals surface area (Å²) in [6, 6.07) is 5.36. The average Bonchev–Trinajstić information content (AvgIpc) is 2.26. The molecule has 1 heterocycles. The first-order valence-electron chi connectivity index (χ1n) is 5.45. The third-order valence-corrected chi connectivity index (χ3v) is 3.53. The zero-order valence-corrected chi connectivity index (χ0v) is 10.9. The smallest absolute Gasteiger partial charge is 0.229 e. The summed E-state index contributed by atoms with van der Waals surface area (Å²) in [7, 11) is 0. The van der Waals surface area contributed by atoms with Crippen molar-refractivity contribution in [1.29, 1.82) is 0 Å². The molecule has 1 aromatic carbocycles. The van der Waals surface area contributed by atoms with Gasteiger partial charge in [-0.05, 0) is 24.1 Å². The van der Waals surface area contributed by atoms with Crippen molar-refractivity contribution in [2.45, 2.75) is 25.8 Å². The van der Waals surface area contributed by atoms with E-state index in [-0.39, 0.29) is 11.8 Å². The average molecular weight is 297 g/mol. The second-order valence-electron chi connectivity index (χ2n) is 4.08. The summed E-state index contributed by atoms with van der Waals surface area (Å²) in [5.41, 5.74) is 7.18. The molecule has 90 valence electrons. The van der Waals surface area contributed by atoms with Crippen molar-refractivity contribution >= 4 is 33.4 Å². The van der Waals surface area contributed by atoms with Crippen LogP contribution < -0.4 is 5.73 Å². The fraction of sp³-hybridized carbons (Fsp3) is 0.333. The van der Waals surface area contributed by atoms with Gasteiger partial charge in [0, 0.05) is 23.0 Å². The quantitative estimate of drug-likeness (QED) is 0.671. The Morgan fingerprint density at radius 1 is 1.24 bits per heavy atom. The Hall–Kier alpha value is -1.36. The first-order valence-corrected chi connectivity index (χ1v) is 6.24. The molecule has 1 aromatic rings. The number of piperidine rings is 1. The molecule has 1 fully saturated rings. The molecule has 2 rings (SSSR count). The number of nitrogens with two attached hydrogens (primary N) is 1. The lowest BCUT2D eigenvalue weighted by Gasteiger charge is -2.25. The van der Waals surface area contributed by atoms with Crippen molar-refractivity contribution in [2.75, 3.05) is 5.73 Å². The minimum Gasteiger partial charge on any atom is -0.399 e. The maximum Gasteiger partial charge on any atom is 0.229 e. The maximum atomic E-state index is 11.7. The van der Waals surface area contributed by atoms with E-state index in [4.69, 9.17) is 5.73 Å². The third kappa shape index (κ3) is 2.66. The number of benzene rings is 1.